The van der Waals surface area contributed by atoms with Gasteiger partial charge in [0.05, 0.1) is 23.3 Å². The minimum absolute atomic E-state index is 0.301. The van der Waals surface area contributed by atoms with E-state index in [1.165, 1.54) is 36.2 Å². The number of benzene rings is 1. The fraction of sp³-hybridized carbons (Fsp3) is 0.438. The highest BCUT2D eigenvalue weighted by Crippen LogP contribution is 2.46. The molecule has 3 aromatic heterocycles. The molecule has 7 heterocycles. The zero-order valence-corrected chi connectivity index (χ0v) is 24.2. The van der Waals surface area contributed by atoms with E-state index in [0.717, 1.165) is 80.8 Å². The molecule has 0 amide bonds. The summed E-state index contributed by atoms with van der Waals surface area (Å²) in [6.07, 6.45) is 6.95. The molecule has 5 aliphatic rings. The average Bonchev–Trinajstić information content (AvgIpc) is 3.77. The van der Waals surface area contributed by atoms with Crippen molar-refractivity contribution >= 4 is 29.1 Å². The molecule has 1 aromatic carbocycles. The second kappa shape index (κ2) is 10.3. The molecule has 0 radical (unpaired) electrons. The maximum absolute atomic E-state index is 6.44. The van der Waals surface area contributed by atoms with E-state index in [9.17, 15) is 0 Å². The molecule has 10 heteroatoms. The van der Waals surface area contributed by atoms with Gasteiger partial charge in [0, 0.05) is 57.3 Å². The van der Waals surface area contributed by atoms with Crippen molar-refractivity contribution in [2.45, 2.75) is 38.5 Å². The molecule has 3 N–H and O–H groups in total. The number of piperazine rings is 1. The number of nitrogens with one attached hydrogen (secondary N) is 1. The molecule has 2 saturated heterocycles. The van der Waals surface area contributed by atoms with E-state index in [4.69, 9.17) is 20.8 Å². The highest BCUT2D eigenvalue weighted by Gasteiger charge is 2.35. The normalized spacial score (nSPS) is 18.9. The Morgan fingerprint density at radius 3 is 2.43 bits per heavy atom. The van der Waals surface area contributed by atoms with Gasteiger partial charge in [0.1, 0.15) is 5.82 Å². The number of pyridine rings is 2. The Bertz CT molecular complexity index is 1600. The van der Waals surface area contributed by atoms with Crippen molar-refractivity contribution in [3.05, 3.63) is 59.9 Å². The third kappa shape index (κ3) is 4.73. The number of aryl methyl sites for hydroxylation is 1. The number of nitrogens with zero attached hydrogens (tertiary/aromatic N) is 8. The monoisotopic (exact) mass is 562 g/mol. The summed E-state index contributed by atoms with van der Waals surface area (Å²) in [7, 11) is 0. The summed E-state index contributed by atoms with van der Waals surface area (Å²) in [5.41, 5.74) is 13.2. The summed E-state index contributed by atoms with van der Waals surface area (Å²) in [5.74, 6) is 3.89. The van der Waals surface area contributed by atoms with Crippen LogP contribution in [0.25, 0.3) is 16.9 Å². The van der Waals surface area contributed by atoms with Crippen molar-refractivity contribution in [1.29, 1.82) is 0 Å². The Morgan fingerprint density at radius 1 is 0.905 bits per heavy atom. The van der Waals surface area contributed by atoms with Gasteiger partial charge in [-0.3, -0.25) is 4.90 Å². The van der Waals surface area contributed by atoms with E-state index in [0.29, 0.717) is 23.6 Å². The fourth-order valence-electron chi connectivity index (χ4n) is 6.93. The predicted molar refractivity (Wildman–Crippen MR) is 167 cm³/mol. The second-order valence-corrected chi connectivity index (χ2v) is 12.3. The van der Waals surface area contributed by atoms with Gasteiger partial charge in [-0.15, -0.1) is 5.10 Å². The van der Waals surface area contributed by atoms with Gasteiger partial charge in [0.25, 0.3) is 0 Å². The third-order valence-corrected chi connectivity index (χ3v) is 9.33. The van der Waals surface area contributed by atoms with Crippen LogP contribution in [0.15, 0.2) is 48.7 Å². The molecule has 1 aliphatic carbocycles. The second-order valence-electron chi connectivity index (χ2n) is 12.3. The first kappa shape index (κ1) is 25.5. The van der Waals surface area contributed by atoms with Crippen LogP contribution >= 0.6 is 0 Å². The van der Waals surface area contributed by atoms with E-state index in [2.05, 4.69) is 74.4 Å². The van der Waals surface area contributed by atoms with Gasteiger partial charge in [-0.1, -0.05) is 30.3 Å². The SMILES string of the molecule is Cc1cc(Nc2nc(N)n(-c3cc(-c4ccccc4)c4c(n3)C3CCN4CC3)n2)cnc1N1CCN(CC2CC2)CC1. The molecule has 4 aliphatic heterocycles. The molecule has 2 bridgehead atoms. The number of hydrogen-bond acceptors (Lipinski definition) is 9. The van der Waals surface area contributed by atoms with Gasteiger partial charge in [0.2, 0.25) is 11.9 Å². The van der Waals surface area contributed by atoms with Gasteiger partial charge in [0.15, 0.2) is 5.82 Å². The van der Waals surface area contributed by atoms with Crippen molar-refractivity contribution < 1.29 is 0 Å². The zero-order valence-electron chi connectivity index (χ0n) is 24.2. The molecule has 42 heavy (non-hydrogen) atoms. The summed E-state index contributed by atoms with van der Waals surface area (Å²) in [6, 6.07) is 14.8. The van der Waals surface area contributed by atoms with Crippen LogP contribution in [0.1, 0.15) is 42.9 Å². The van der Waals surface area contributed by atoms with E-state index in [1.807, 2.05) is 6.20 Å². The smallest absolute Gasteiger partial charge is 0.248 e. The van der Waals surface area contributed by atoms with Crippen molar-refractivity contribution in [3.8, 4) is 16.9 Å². The first-order chi connectivity index (χ1) is 20.6. The maximum atomic E-state index is 6.44. The summed E-state index contributed by atoms with van der Waals surface area (Å²) < 4.78 is 1.66. The van der Waals surface area contributed by atoms with Crippen molar-refractivity contribution in [2.75, 3.05) is 66.7 Å². The van der Waals surface area contributed by atoms with Gasteiger partial charge in [-0.2, -0.15) is 9.67 Å². The summed E-state index contributed by atoms with van der Waals surface area (Å²) in [4.78, 5) is 22.0. The van der Waals surface area contributed by atoms with Gasteiger partial charge in [-0.05, 0) is 61.8 Å². The largest absolute Gasteiger partial charge is 0.370 e. The van der Waals surface area contributed by atoms with Crippen LogP contribution in [0.4, 0.5) is 29.1 Å². The van der Waals surface area contributed by atoms with Crippen LogP contribution in [-0.2, 0) is 0 Å². The minimum Gasteiger partial charge on any atom is -0.370 e. The van der Waals surface area contributed by atoms with Gasteiger partial charge >= 0.3 is 0 Å². The number of fused-ring (bicyclic) bond motifs is 2. The van der Waals surface area contributed by atoms with Crippen LogP contribution in [-0.4, -0.2) is 75.4 Å². The number of anilines is 5. The predicted octanol–water partition coefficient (Wildman–Crippen LogP) is 4.59. The lowest BCUT2D eigenvalue weighted by Crippen LogP contribution is -2.47. The van der Waals surface area contributed by atoms with Crippen molar-refractivity contribution in [1.82, 2.24) is 29.6 Å². The number of nitrogens with two attached hydrogens (primary N) is 1. The number of piperidine rings is 1. The number of nitrogen functional groups attached to an aromatic ring is 1. The minimum atomic E-state index is 0.301. The average molecular weight is 563 g/mol. The van der Waals surface area contributed by atoms with Crippen molar-refractivity contribution in [2.24, 2.45) is 5.92 Å². The molecule has 0 spiro atoms. The zero-order chi connectivity index (χ0) is 28.2. The molecule has 216 valence electrons. The van der Waals surface area contributed by atoms with E-state index < -0.39 is 0 Å². The Kier molecular flexibility index (Phi) is 6.24. The lowest BCUT2D eigenvalue weighted by molar-refractivity contribution is 0.247. The highest BCUT2D eigenvalue weighted by atomic mass is 15.4. The molecular formula is C32H38N10. The van der Waals surface area contributed by atoms with E-state index in [1.54, 1.807) is 4.68 Å². The topological polar surface area (TPSA) is 104 Å². The van der Waals surface area contributed by atoms with Crippen LogP contribution in [0.5, 0.6) is 0 Å². The molecular weight excluding hydrogens is 524 g/mol. The van der Waals surface area contributed by atoms with E-state index in [-0.39, 0.29) is 0 Å². The summed E-state index contributed by atoms with van der Waals surface area (Å²) in [6.45, 7) is 9.82. The molecule has 0 atom stereocenters. The Morgan fingerprint density at radius 2 is 1.69 bits per heavy atom. The van der Waals surface area contributed by atoms with Crippen LogP contribution in [0.2, 0.25) is 0 Å². The van der Waals surface area contributed by atoms with Gasteiger partial charge in [-0.25, -0.2) is 9.97 Å². The highest BCUT2D eigenvalue weighted by molar-refractivity contribution is 5.83. The lowest BCUT2D eigenvalue weighted by Gasteiger charge is -2.42. The Labute approximate surface area is 246 Å². The first-order valence-corrected chi connectivity index (χ1v) is 15.4. The summed E-state index contributed by atoms with van der Waals surface area (Å²) >= 11 is 0. The first-order valence-electron chi connectivity index (χ1n) is 15.4. The molecule has 10 nitrogen and oxygen atoms in total. The fourth-order valence-corrected chi connectivity index (χ4v) is 6.93. The number of rotatable bonds is 7. The Balaban J connectivity index is 1.04. The van der Waals surface area contributed by atoms with Gasteiger partial charge < -0.3 is 20.9 Å². The van der Waals surface area contributed by atoms with Crippen LogP contribution in [0.3, 0.4) is 0 Å². The molecule has 0 unspecified atom stereocenters. The lowest BCUT2D eigenvalue weighted by atomic mass is 9.84. The molecule has 4 aromatic rings. The number of aromatic nitrogens is 5. The Hall–Kier alpha value is -4.18. The molecule has 9 rings (SSSR count). The van der Waals surface area contributed by atoms with E-state index >= 15 is 0 Å². The maximum Gasteiger partial charge on any atom is 0.248 e. The standard InChI is InChI=1S/C32H38N10/c1-21-17-25(19-34-30(21)41-15-13-39(14-16-41)20-22-7-8-22)35-32-37-31(33)42(38-32)27-18-26(23-5-3-2-4-6-23)29-28(36-27)24-9-11-40(29)12-10-24/h2-6,17-19,22,24H,7-16,20H2,1H3,(H3,33,35,37,38). The molecule has 3 fully saturated rings. The summed E-state index contributed by atoms with van der Waals surface area (Å²) in [5, 5.41) is 8.08. The quantitative estimate of drug-likeness (QED) is 0.335. The van der Waals surface area contributed by atoms with Crippen LogP contribution < -0.4 is 20.9 Å². The van der Waals surface area contributed by atoms with Crippen molar-refractivity contribution in [3.63, 3.8) is 0 Å². The van der Waals surface area contributed by atoms with Crippen LogP contribution in [0, 0.1) is 12.8 Å². The molecule has 1 saturated carbocycles. The number of hydrogen-bond donors (Lipinski definition) is 2. The third-order valence-electron chi connectivity index (χ3n) is 9.33.